The van der Waals surface area contributed by atoms with Crippen molar-refractivity contribution >= 4 is 40.6 Å². The quantitative estimate of drug-likeness (QED) is 0.614. The molecule has 1 amide bonds. The topological polar surface area (TPSA) is 71.8 Å². The number of allylic oxidation sites excluding steroid dienone is 1. The molecule has 0 unspecified atom stereocenters. The molecule has 0 spiro atoms. The number of fused-ring (bicyclic) bond motifs is 1. The van der Waals surface area contributed by atoms with Crippen molar-refractivity contribution in [2.45, 2.75) is 32.0 Å². The molecule has 0 fully saturated rings. The van der Waals surface area contributed by atoms with E-state index in [4.69, 9.17) is 0 Å². The number of benzene rings is 1. The fraction of sp³-hybridized carbons (Fsp3) is 0.250. The fourth-order valence-corrected chi connectivity index (χ4v) is 4.53. The zero-order valence-electron chi connectivity index (χ0n) is 16.1. The molecule has 8 heteroatoms. The number of carbonyl (C=O) groups excluding carboxylic acids is 1. The first-order valence-electron chi connectivity index (χ1n) is 8.88. The van der Waals surface area contributed by atoms with Crippen LogP contribution in [0.3, 0.4) is 0 Å². The van der Waals surface area contributed by atoms with E-state index in [0.717, 1.165) is 21.8 Å². The Hall–Kier alpha value is -2.58. The van der Waals surface area contributed by atoms with Crippen molar-refractivity contribution in [1.29, 1.82) is 0 Å². The minimum atomic E-state index is -0.310. The lowest BCUT2D eigenvalue weighted by molar-refractivity contribution is -0.113. The lowest BCUT2D eigenvalue weighted by Gasteiger charge is -2.27. The molecule has 2 aromatic heterocycles. The molecule has 144 valence electrons. The molecule has 0 aliphatic carbocycles. The van der Waals surface area contributed by atoms with Crippen LogP contribution in [-0.2, 0) is 4.79 Å². The zero-order valence-corrected chi connectivity index (χ0v) is 17.7. The second kappa shape index (κ2) is 7.44. The number of anilines is 2. The van der Waals surface area contributed by atoms with Gasteiger partial charge in [-0.1, -0.05) is 35.5 Å². The Morgan fingerprint density at radius 2 is 2.11 bits per heavy atom. The van der Waals surface area contributed by atoms with E-state index in [1.54, 1.807) is 11.3 Å². The van der Waals surface area contributed by atoms with Gasteiger partial charge in [-0.2, -0.15) is 4.98 Å². The van der Waals surface area contributed by atoms with E-state index in [1.165, 1.54) is 17.3 Å². The van der Waals surface area contributed by atoms with E-state index in [9.17, 15) is 4.79 Å². The molecular weight excluding hydrogens is 390 g/mol. The van der Waals surface area contributed by atoms with Gasteiger partial charge in [0, 0.05) is 16.3 Å². The SMILES string of the molecule is CSc1nc2n(n1)[C@H](c1cccs1)C(C(=O)Nc1ccc(C)cc1C)=C(C)N2. The number of thiophene rings is 1. The Morgan fingerprint density at radius 1 is 1.29 bits per heavy atom. The Bertz CT molecular complexity index is 1070. The normalized spacial score (nSPS) is 15.9. The molecule has 0 radical (unpaired) electrons. The van der Waals surface area contributed by atoms with E-state index < -0.39 is 0 Å². The Kier molecular flexibility index (Phi) is 4.99. The maximum Gasteiger partial charge on any atom is 0.255 e. The summed E-state index contributed by atoms with van der Waals surface area (Å²) >= 11 is 3.09. The Balaban J connectivity index is 1.75. The van der Waals surface area contributed by atoms with Crippen LogP contribution in [0.25, 0.3) is 0 Å². The Morgan fingerprint density at radius 3 is 2.79 bits per heavy atom. The van der Waals surface area contributed by atoms with Crippen LogP contribution in [0.2, 0.25) is 0 Å². The van der Waals surface area contributed by atoms with Crippen LogP contribution in [0.1, 0.15) is 29.0 Å². The van der Waals surface area contributed by atoms with Gasteiger partial charge < -0.3 is 10.6 Å². The van der Waals surface area contributed by atoms with Crippen LogP contribution in [0.15, 0.2) is 52.1 Å². The maximum absolute atomic E-state index is 13.3. The Labute approximate surface area is 172 Å². The van der Waals surface area contributed by atoms with E-state index in [1.807, 2.05) is 61.4 Å². The first-order chi connectivity index (χ1) is 13.5. The number of amides is 1. The number of hydrogen-bond donors (Lipinski definition) is 2. The minimum Gasteiger partial charge on any atom is -0.328 e. The molecular formula is C20H21N5OS2. The summed E-state index contributed by atoms with van der Waals surface area (Å²) in [7, 11) is 0. The van der Waals surface area contributed by atoms with Crippen LogP contribution < -0.4 is 10.6 Å². The van der Waals surface area contributed by atoms with E-state index in [2.05, 4.69) is 26.8 Å². The monoisotopic (exact) mass is 411 g/mol. The van der Waals surface area contributed by atoms with Crippen molar-refractivity contribution in [3.05, 3.63) is 63.0 Å². The van der Waals surface area contributed by atoms with E-state index in [0.29, 0.717) is 16.7 Å². The van der Waals surface area contributed by atoms with Gasteiger partial charge in [-0.25, -0.2) is 4.68 Å². The van der Waals surface area contributed by atoms with Gasteiger partial charge in [-0.3, -0.25) is 4.79 Å². The fourth-order valence-electron chi connectivity index (χ4n) is 3.37. The summed E-state index contributed by atoms with van der Waals surface area (Å²) in [5, 5.41) is 13.6. The third-order valence-corrected chi connectivity index (χ3v) is 6.17. The summed E-state index contributed by atoms with van der Waals surface area (Å²) in [6.07, 6.45) is 1.94. The standard InChI is InChI=1S/C20H21N5OS2/c1-11-7-8-14(12(2)10-11)22-18(26)16-13(3)21-19-23-20(27-4)24-25(19)17(16)15-6-5-9-28-15/h5-10,17H,1-4H3,(H,22,26)(H,21,23,24)/t17-/m1/s1. The molecule has 28 heavy (non-hydrogen) atoms. The van der Waals surface area contributed by atoms with Gasteiger partial charge in [0.25, 0.3) is 5.91 Å². The first-order valence-corrected chi connectivity index (χ1v) is 11.0. The molecule has 0 bridgehead atoms. The van der Waals surface area contributed by atoms with Gasteiger partial charge in [0.15, 0.2) is 0 Å². The summed E-state index contributed by atoms with van der Waals surface area (Å²) in [5.41, 5.74) is 4.45. The predicted octanol–water partition coefficient (Wildman–Crippen LogP) is 4.61. The highest BCUT2D eigenvalue weighted by atomic mass is 32.2. The smallest absolute Gasteiger partial charge is 0.255 e. The number of carbonyl (C=O) groups is 1. The van der Waals surface area contributed by atoms with Gasteiger partial charge in [0.2, 0.25) is 11.1 Å². The number of rotatable bonds is 4. The summed E-state index contributed by atoms with van der Waals surface area (Å²) in [4.78, 5) is 18.9. The second-order valence-electron chi connectivity index (χ2n) is 6.72. The summed E-state index contributed by atoms with van der Waals surface area (Å²) in [5.74, 6) is 0.519. The maximum atomic E-state index is 13.3. The predicted molar refractivity (Wildman–Crippen MR) is 115 cm³/mol. The molecule has 0 saturated heterocycles. The number of thioether (sulfide) groups is 1. The molecule has 1 aliphatic heterocycles. The molecule has 3 aromatic rings. The van der Waals surface area contributed by atoms with Gasteiger partial charge in [0.05, 0.1) is 5.57 Å². The van der Waals surface area contributed by atoms with E-state index >= 15 is 0 Å². The lowest BCUT2D eigenvalue weighted by Crippen LogP contribution is -2.31. The van der Waals surface area contributed by atoms with Gasteiger partial charge in [-0.15, -0.1) is 16.4 Å². The van der Waals surface area contributed by atoms with Gasteiger partial charge in [-0.05, 0) is 50.1 Å². The minimum absolute atomic E-state index is 0.137. The van der Waals surface area contributed by atoms with Crippen molar-refractivity contribution in [2.75, 3.05) is 16.9 Å². The molecule has 2 N–H and O–H groups in total. The molecule has 0 saturated carbocycles. The van der Waals surface area contributed by atoms with Crippen molar-refractivity contribution in [2.24, 2.45) is 0 Å². The molecule has 1 atom stereocenters. The number of nitrogens with one attached hydrogen (secondary N) is 2. The van der Waals surface area contributed by atoms with Crippen LogP contribution in [-0.4, -0.2) is 26.9 Å². The summed E-state index contributed by atoms with van der Waals surface area (Å²) < 4.78 is 1.81. The van der Waals surface area contributed by atoms with Crippen molar-refractivity contribution in [3.8, 4) is 0 Å². The van der Waals surface area contributed by atoms with Crippen LogP contribution >= 0.6 is 23.1 Å². The molecule has 1 aliphatic rings. The highest BCUT2D eigenvalue weighted by Crippen LogP contribution is 2.38. The largest absolute Gasteiger partial charge is 0.328 e. The third kappa shape index (κ3) is 3.33. The summed E-state index contributed by atoms with van der Waals surface area (Å²) in [6.45, 7) is 5.95. The average molecular weight is 412 g/mol. The number of nitrogens with zero attached hydrogens (tertiary/aromatic N) is 3. The van der Waals surface area contributed by atoms with E-state index in [-0.39, 0.29) is 11.9 Å². The molecule has 3 heterocycles. The highest BCUT2D eigenvalue weighted by Gasteiger charge is 2.35. The average Bonchev–Trinajstić information content (AvgIpc) is 3.32. The van der Waals surface area contributed by atoms with Crippen molar-refractivity contribution in [1.82, 2.24) is 14.8 Å². The zero-order chi connectivity index (χ0) is 19.8. The van der Waals surface area contributed by atoms with Crippen LogP contribution in [0.5, 0.6) is 0 Å². The van der Waals surface area contributed by atoms with Crippen LogP contribution in [0, 0.1) is 13.8 Å². The molecule has 1 aromatic carbocycles. The summed E-state index contributed by atoms with van der Waals surface area (Å²) in [6, 6.07) is 9.72. The molecule has 4 rings (SSSR count). The van der Waals surface area contributed by atoms with Crippen molar-refractivity contribution in [3.63, 3.8) is 0 Å². The lowest BCUT2D eigenvalue weighted by atomic mass is 10.0. The first kappa shape index (κ1) is 18.8. The van der Waals surface area contributed by atoms with Gasteiger partial charge >= 0.3 is 0 Å². The van der Waals surface area contributed by atoms with Crippen molar-refractivity contribution < 1.29 is 4.79 Å². The van der Waals surface area contributed by atoms with Crippen LogP contribution in [0.4, 0.5) is 11.6 Å². The number of aromatic nitrogens is 3. The highest BCUT2D eigenvalue weighted by molar-refractivity contribution is 7.98. The second-order valence-corrected chi connectivity index (χ2v) is 8.47. The third-order valence-electron chi connectivity index (χ3n) is 4.70. The molecule has 6 nitrogen and oxygen atoms in total. The number of aryl methyl sites for hydroxylation is 2. The van der Waals surface area contributed by atoms with Gasteiger partial charge in [0.1, 0.15) is 6.04 Å². The number of hydrogen-bond acceptors (Lipinski definition) is 6.